The first-order chi connectivity index (χ1) is 18.3. The van der Waals surface area contributed by atoms with Gasteiger partial charge in [0.1, 0.15) is 29.6 Å². The summed E-state index contributed by atoms with van der Waals surface area (Å²) in [6.07, 6.45) is 4.89. The molecule has 0 bridgehead atoms. The quantitative estimate of drug-likeness (QED) is 0.412. The van der Waals surface area contributed by atoms with E-state index in [2.05, 4.69) is 9.69 Å². The number of aromatic nitrogens is 1. The number of hydrogen-bond acceptors (Lipinski definition) is 9. The zero-order chi connectivity index (χ0) is 26.8. The number of carbonyl (C=O) groups is 3. The monoisotopic (exact) mass is 539 g/mol. The number of nitrogen functional groups attached to an aromatic ring is 1. The van der Waals surface area contributed by atoms with E-state index in [0.717, 1.165) is 43.6 Å². The van der Waals surface area contributed by atoms with Gasteiger partial charge >= 0.3 is 0 Å². The van der Waals surface area contributed by atoms with Gasteiger partial charge in [-0.05, 0) is 55.6 Å². The lowest BCUT2D eigenvalue weighted by molar-refractivity contribution is -0.123. The standard InChI is InChI=1S/C26H29N5O6S/c1-14-7-9-18(37-14)22(25(33)29-15-5-3-2-4-6-15)31(16-8-10-17-19(13-16)36-12-11-35-17)26(34)23-20(27)21(24(28)32)30-38-23/h7-10,13,15,22H,2-6,11-12,27H2,1H3,(H2,28,32)(H,29,33)/t22-/m1/s1. The number of anilines is 2. The lowest BCUT2D eigenvalue weighted by Crippen LogP contribution is -2.47. The number of nitrogens with two attached hydrogens (primary N) is 2. The van der Waals surface area contributed by atoms with Gasteiger partial charge in [0.2, 0.25) is 0 Å². The van der Waals surface area contributed by atoms with Crippen molar-refractivity contribution in [1.82, 2.24) is 9.69 Å². The smallest absolute Gasteiger partial charge is 0.273 e. The largest absolute Gasteiger partial charge is 0.486 e. The molecular formula is C26H29N5O6S. The summed E-state index contributed by atoms with van der Waals surface area (Å²) in [4.78, 5) is 41.2. The van der Waals surface area contributed by atoms with Crippen LogP contribution in [0.25, 0.3) is 0 Å². The van der Waals surface area contributed by atoms with Crippen molar-refractivity contribution in [2.75, 3.05) is 23.8 Å². The van der Waals surface area contributed by atoms with E-state index in [0.29, 0.717) is 36.2 Å². The molecular weight excluding hydrogens is 510 g/mol. The molecule has 2 aromatic heterocycles. The highest BCUT2D eigenvalue weighted by Gasteiger charge is 2.39. The van der Waals surface area contributed by atoms with Crippen LogP contribution in [0.2, 0.25) is 0 Å². The molecule has 1 atom stereocenters. The van der Waals surface area contributed by atoms with Crippen molar-refractivity contribution >= 4 is 40.6 Å². The minimum atomic E-state index is -1.18. The van der Waals surface area contributed by atoms with Crippen molar-refractivity contribution in [2.24, 2.45) is 5.73 Å². The lowest BCUT2D eigenvalue weighted by atomic mass is 9.95. The number of primary amides is 1. The summed E-state index contributed by atoms with van der Waals surface area (Å²) in [5.74, 6) is -0.0660. The van der Waals surface area contributed by atoms with Crippen LogP contribution < -0.4 is 31.2 Å². The predicted octanol–water partition coefficient (Wildman–Crippen LogP) is 3.33. The maximum atomic E-state index is 14.2. The number of carbonyl (C=O) groups excluding carboxylic acids is 3. The Bertz CT molecular complexity index is 1360. The van der Waals surface area contributed by atoms with Crippen LogP contribution in [0.4, 0.5) is 11.4 Å². The molecule has 11 nitrogen and oxygen atoms in total. The molecule has 1 saturated carbocycles. The molecule has 0 spiro atoms. The van der Waals surface area contributed by atoms with Gasteiger partial charge in [-0.2, -0.15) is 4.37 Å². The van der Waals surface area contributed by atoms with Crippen LogP contribution >= 0.6 is 11.5 Å². The lowest BCUT2D eigenvalue weighted by Gasteiger charge is -2.32. The average Bonchev–Trinajstić information content (AvgIpc) is 3.52. The Morgan fingerprint density at radius 3 is 2.47 bits per heavy atom. The molecule has 0 saturated heterocycles. The number of hydrogen-bond donors (Lipinski definition) is 3. The molecule has 3 aromatic rings. The zero-order valence-corrected chi connectivity index (χ0v) is 21.7. The van der Waals surface area contributed by atoms with E-state index >= 15 is 0 Å². The summed E-state index contributed by atoms with van der Waals surface area (Å²) in [6.45, 7) is 2.51. The van der Waals surface area contributed by atoms with Gasteiger partial charge in [0.15, 0.2) is 23.2 Å². The predicted molar refractivity (Wildman–Crippen MR) is 140 cm³/mol. The maximum absolute atomic E-state index is 14.2. The number of amides is 3. The summed E-state index contributed by atoms with van der Waals surface area (Å²) < 4.78 is 21.3. The van der Waals surface area contributed by atoms with Crippen molar-refractivity contribution in [3.63, 3.8) is 0 Å². The SMILES string of the molecule is Cc1ccc([C@H](C(=O)NC2CCCCC2)N(C(=O)c2snc(C(N)=O)c2N)c2ccc3c(c2)OCCO3)o1. The Labute approximate surface area is 223 Å². The van der Waals surface area contributed by atoms with Gasteiger partial charge in [-0.1, -0.05) is 19.3 Å². The van der Waals surface area contributed by atoms with Crippen LogP contribution in [-0.2, 0) is 4.79 Å². The molecule has 5 rings (SSSR count). The molecule has 3 amide bonds. The number of nitrogens with zero attached hydrogens (tertiary/aromatic N) is 2. The van der Waals surface area contributed by atoms with Crippen molar-refractivity contribution in [3.8, 4) is 11.5 Å². The molecule has 3 heterocycles. The summed E-state index contributed by atoms with van der Waals surface area (Å²) in [6, 6.07) is 7.18. The molecule has 1 aromatic carbocycles. The van der Waals surface area contributed by atoms with E-state index in [9.17, 15) is 14.4 Å². The van der Waals surface area contributed by atoms with Gasteiger partial charge in [-0.3, -0.25) is 19.3 Å². The molecule has 1 aliphatic heterocycles. The molecule has 0 unspecified atom stereocenters. The Kier molecular flexibility index (Phi) is 7.23. The Morgan fingerprint density at radius 1 is 1.08 bits per heavy atom. The molecule has 1 fully saturated rings. The van der Waals surface area contributed by atoms with Gasteiger partial charge in [0.05, 0.1) is 5.69 Å². The first-order valence-corrected chi connectivity index (χ1v) is 13.3. The van der Waals surface area contributed by atoms with E-state index in [1.54, 1.807) is 37.3 Å². The van der Waals surface area contributed by atoms with Crippen molar-refractivity contribution < 1.29 is 28.3 Å². The van der Waals surface area contributed by atoms with E-state index in [1.807, 2.05) is 0 Å². The fourth-order valence-electron chi connectivity index (χ4n) is 4.81. The fraction of sp³-hybridized carbons (Fsp3) is 0.385. The number of fused-ring (bicyclic) bond motifs is 1. The molecule has 38 heavy (non-hydrogen) atoms. The third-order valence-corrected chi connectivity index (χ3v) is 7.52. The first-order valence-electron chi connectivity index (χ1n) is 12.5. The van der Waals surface area contributed by atoms with Gasteiger partial charge < -0.3 is 30.7 Å². The maximum Gasteiger partial charge on any atom is 0.273 e. The van der Waals surface area contributed by atoms with Crippen LogP contribution in [0.1, 0.15) is 69.8 Å². The average molecular weight is 540 g/mol. The summed E-state index contributed by atoms with van der Waals surface area (Å²) >= 11 is 0.744. The second-order valence-corrected chi connectivity index (χ2v) is 10.1. The highest BCUT2D eigenvalue weighted by Crippen LogP contribution is 2.39. The number of benzene rings is 1. The summed E-state index contributed by atoms with van der Waals surface area (Å²) in [7, 11) is 0. The van der Waals surface area contributed by atoms with Crippen molar-refractivity contribution in [2.45, 2.75) is 51.1 Å². The Balaban J connectivity index is 1.62. The molecule has 0 radical (unpaired) electrons. The first kappa shape index (κ1) is 25.6. The summed E-state index contributed by atoms with van der Waals surface area (Å²) in [5, 5.41) is 3.12. The second kappa shape index (κ2) is 10.7. The van der Waals surface area contributed by atoms with Gasteiger partial charge in [-0.15, -0.1) is 0 Å². The summed E-state index contributed by atoms with van der Waals surface area (Å²) in [5.41, 5.74) is 11.5. The van der Waals surface area contributed by atoms with Gasteiger partial charge in [0.25, 0.3) is 17.7 Å². The van der Waals surface area contributed by atoms with E-state index < -0.39 is 23.8 Å². The number of rotatable bonds is 7. The third kappa shape index (κ3) is 5.03. The zero-order valence-electron chi connectivity index (χ0n) is 20.9. The van der Waals surface area contributed by atoms with E-state index in [-0.39, 0.29) is 28.1 Å². The van der Waals surface area contributed by atoms with Crippen LogP contribution in [-0.4, -0.2) is 41.4 Å². The Hall–Kier alpha value is -4.06. The second-order valence-electron chi connectivity index (χ2n) is 9.34. The topological polar surface area (TPSA) is 163 Å². The minimum absolute atomic E-state index is 0.0121. The third-order valence-electron chi connectivity index (χ3n) is 6.67. The molecule has 5 N–H and O–H groups in total. The highest BCUT2D eigenvalue weighted by molar-refractivity contribution is 7.09. The number of ether oxygens (including phenoxy) is 2. The van der Waals surface area contributed by atoms with Gasteiger partial charge in [0, 0.05) is 17.8 Å². The van der Waals surface area contributed by atoms with Gasteiger partial charge in [-0.25, -0.2) is 0 Å². The molecule has 2 aliphatic rings. The van der Waals surface area contributed by atoms with E-state index in [4.69, 9.17) is 25.4 Å². The number of furan rings is 1. The number of aryl methyl sites for hydroxylation is 1. The number of nitrogens with one attached hydrogen (secondary N) is 1. The molecule has 12 heteroatoms. The van der Waals surface area contributed by atoms with E-state index in [1.165, 1.54) is 4.90 Å². The highest BCUT2D eigenvalue weighted by atomic mass is 32.1. The van der Waals surface area contributed by atoms with Crippen LogP contribution in [0, 0.1) is 6.92 Å². The molecule has 1 aliphatic carbocycles. The Morgan fingerprint density at radius 2 is 1.82 bits per heavy atom. The van der Waals surface area contributed by atoms with Crippen LogP contribution in [0.3, 0.4) is 0 Å². The van der Waals surface area contributed by atoms with Crippen LogP contribution in [0.15, 0.2) is 34.7 Å². The van der Waals surface area contributed by atoms with Crippen molar-refractivity contribution in [1.29, 1.82) is 0 Å². The van der Waals surface area contributed by atoms with Crippen LogP contribution in [0.5, 0.6) is 11.5 Å². The minimum Gasteiger partial charge on any atom is -0.486 e. The normalized spacial score (nSPS) is 16.0. The fourth-order valence-corrected chi connectivity index (χ4v) is 5.55. The van der Waals surface area contributed by atoms with Crippen molar-refractivity contribution in [3.05, 3.63) is 52.4 Å². The molecule has 200 valence electrons.